The zero-order chi connectivity index (χ0) is 19.3. The van der Waals surface area contributed by atoms with Crippen LogP contribution >= 0.6 is 11.8 Å². The number of hydrogen-bond acceptors (Lipinski definition) is 3. The number of nitrogens with one attached hydrogen (secondary N) is 1. The molecule has 144 valence electrons. The van der Waals surface area contributed by atoms with Gasteiger partial charge in [0.1, 0.15) is 5.75 Å². The third-order valence-electron chi connectivity index (χ3n) is 5.18. The van der Waals surface area contributed by atoms with Crippen molar-refractivity contribution in [3.05, 3.63) is 71.9 Å². The standard InChI is InChI=1S/C23H24N2O2S/c1-27-20-8-6-17(7-9-20)18-10-12-25(13-11-18)23(26)16-28-15-19-14-24-22-5-3-2-4-21(19)22/h2-10,14,24H,11-13,15-16H2,1H3. The average Bonchev–Trinajstić information content (AvgIpc) is 3.17. The molecule has 1 aromatic heterocycles. The summed E-state index contributed by atoms with van der Waals surface area (Å²) >= 11 is 1.68. The number of nitrogens with zero attached hydrogens (tertiary/aromatic N) is 1. The molecular weight excluding hydrogens is 368 g/mol. The zero-order valence-corrected chi connectivity index (χ0v) is 16.8. The first-order valence-corrected chi connectivity index (χ1v) is 10.6. The molecule has 0 saturated heterocycles. The van der Waals surface area contributed by atoms with Crippen molar-refractivity contribution < 1.29 is 9.53 Å². The molecule has 4 rings (SSSR count). The first kappa shape index (κ1) is 18.7. The second-order valence-corrected chi connectivity index (χ2v) is 7.89. The summed E-state index contributed by atoms with van der Waals surface area (Å²) < 4.78 is 5.22. The van der Waals surface area contributed by atoms with E-state index in [2.05, 4.69) is 41.4 Å². The number of aromatic nitrogens is 1. The van der Waals surface area contributed by atoms with Gasteiger partial charge in [0, 0.05) is 35.9 Å². The zero-order valence-electron chi connectivity index (χ0n) is 16.0. The molecule has 3 aromatic rings. The van der Waals surface area contributed by atoms with E-state index >= 15 is 0 Å². The maximum atomic E-state index is 12.6. The third kappa shape index (κ3) is 4.09. The lowest BCUT2D eigenvalue weighted by Crippen LogP contribution is -2.35. The lowest BCUT2D eigenvalue weighted by molar-refractivity contribution is -0.127. The highest BCUT2D eigenvalue weighted by Gasteiger charge is 2.18. The van der Waals surface area contributed by atoms with Gasteiger partial charge in [0.15, 0.2) is 0 Å². The Balaban J connectivity index is 1.29. The number of thioether (sulfide) groups is 1. The monoisotopic (exact) mass is 392 g/mol. The molecule has 0 bridgehead atoms. The minimum atomic E-state index is 0.217. The maximum absolute atomic E-state index is 12.6. The first-order chi connectivity index (χ1) is 13.7. The fourth-order valence-corrected chi connectivity index (χ4v) is 4.47. The molecule has 1 aliphatic heterocycles. The summed E-state index contributed by atoms with van der Waals surface area (Å²) in [6, 6.07) is 16.4. The van der Waals surface area contributed by atoms with E-state index in [4.69, 9.17) is 4.74 Å². The Hall–Kier alpha value is -2.66. The number of aromatic amines is 1. The van der Waals surface area contributed by atoms with E-state index in [1.165, 1.54) is 22.1 Å². The van der Waals surface area contributed by atoms with Gasteiger partial charge in [-0.3, -0.25) is 4.79 Å². The molecular formula is C23H24N2O2S. The van der Waals surface area contributed by atoms with E-state index in [0.717, 1.165) is 30.0 Å². The molecule has 1 amide bonds. The van der Waals surface area contributed by atoms with Crippen molar-refractivity contribution in [1.82, 2.24) is 9.88 Å². The lowest BCUT2D eigenvalue weighted by Gasteiger charge is -2.26. The maximum Gasteiger partial charge on any atom is 0.232 e. The highest BCUT2D eigenvalue weighted by atomic mass is 32.2. The Morgan fingerprint density at radius 1 is 1.18 bits per heavy atom. The van der Waals surface area contributed by atoms with Crippen LogP contribution in [0.3, 0.4) is 0 Å². The van der Waals surface area contributed by atoms with Crippen LogP contribution in [0.25, 0.3) is 16.5 Å². The molecule has 2 aromatic carbocycles. The van der Waals surface area contributed by atoms with E-state index in [9.17, 15) is 4.79 Å². The molecule has 1 N–H and O–H groups in total. The SMILES string of the molecule is COc1ccc(C2=CCN(C(=O)CSCc3c[nH]c4ccccc34)CC2)cc1. The van der Waals surface area contributed by atoms with Crippen LogP contribution in [0.2, 0.25) is 0 Å². The summed E-state index contributed by atoms with van der Waals surface area (Å²) in [4.78, 5) is 17.8. The Kier molecular flexibility index (Phi) is 5.72. The molecule has 5 heteroatoms. The minimum absolute atomic E-state index is 0.217. The Morgan fingerprint density at radius 2 is 2.00 bits per heavy atom. The van der Waals surface area contributed by atoms with Gasteiger partial charge in [-0.05, 0) is 41.3 Å². The van der Waals surface area contributed by atoms with Crippen LogP contribution in [0.4, 0.5) is 0 Å². The van der Waals surface area contributed by atoms with Crippen molar-refractivity contribution in [1.29, 1.82) is 0 Å². The topological polar surface area (TPSA) is 45.3 Å². The number of benzene rings is 2. The summed E-state index contributed by atoms with van der Waals surface area (Å²) in [6.45, 7) is 1.47. The Morgan fingerprint density at radius 3 is 2.75 bits per heavy atom. The van der Waals surface area contributed by atoms with E-state index in [1.54, 1.807) is 18.9 Å². The number of methoxy groups -OCH3 is 1. The molecule has 28 heavy (non-hydrogen) atoms. The van der Waals surface area contributed by atoms with E-state index < -0.39 is 0 Å². The Bertz CT molecular complexity index is 991. The lowest BCUT2D eigenvalue weighted by atomic mass is 9.99. The van der Waals surface area contributed by atoms with E-state index in [1.807, 2.05) is 29.3 Å². The molecule has 0 spiro atoms. The number of ether oxygens (including phenoxy) is 1. The van der Waals surface area contributed by atoms with Gasteiger partial charge in [0.05, 0.1) is 12.9 Å². The number of rotatable bonds is 6. The van der Waals surface area contributed by atoms with Gasteiger partial charge in [-0.15, -0.1) is 11.8 Å². The fraction of sp³-hybridized carbons (Fsp3) is 0.261. The van der Waals surface area contributed by atoms with Crippen molar-refractivity contribution in [2.45, 2.75) is 12.2 Å². The quantitative estimate of drug-likeness (QED) is 0.660. The number of H-pyrrole nitrogens is 1. The summed E-state index contributed by atoms with van der Waals surface area (Å²) in [7, 11) is 1.68. The van der Waals surface area contributed by atoms with Gasteiger partial charge in [0.25, 0.3) is 0 Å². The molecule has 0 atom stereocenters. The molecule has 0 fully saturated rings. The second-order valence-electron chi connectivity index (χ2n) is 6.90. The number of carbonyl (C=O) groups excluding carboxylic acids is 1. The summed E-state index contributed by atoms with van der Waals surface area (Å²) in [5.74, 6) is 2.45. The van der Waals surface area contributed by atoms with Crippen LogP contribution in [-0.2, 0) is 10.5 Å². The van der Waals surface area contributed by atoms with Crippen LogP contribution in [0.5, 0.6) is 5.75 Å². The molecule has 0 radical (unpaired) electrons. The van der Waals surface area contributed by atoms with Crippen LogP contribution < -0.4 is 4.74 Å². The smallest absolute Gasteiger partial charge is 0.232 e. The van der Waals surface area contributed by atoms with Crippen molar-refractivity contribution in [3.8, 4) is 5.75 Å². The van der Waals surface area contributed by atoms with Crippen LogP contribution in [0, 0.1) is 0 Å². The predicted octanol–water partition coefficient (Wildman–Crippen LogP) is 4.73. The van der Waals surface area contributed by atoms with Gasteiger partial charge < -0.3 is 14.6 Å². The van der Waals surface area contributed by atoms with Gasteiger partial charge in [-0.2, -0.15) is 0 Å². The fourth-order valence-electron chi connectivity index (χ4n) is 3.55. The largest absolute Gasteiger partial charge is 0.497 e. The number of para-hydroxylation sites is 1. The average molecular weight is 393 g/mol. The molecule has 4 nitrogen and oxygen atoms in total. The number of amides is 1. The highest BCUT2D eigenvalue weighted by molar-refractivity contribution is 7.99. The van der Waals surface area contributed by atoms with Gasteiger partial charge in [0.2, 0.25) is 5.91 Å². The van der Waals surface area contributed by atoms with Gasteiger partial charge >= 0.3 is 0 Å². The molecule has 0 aliphatic carbocycles. The summed E-state index contributed by atoms with van der Waals surface area (Å²) in [6.07, 6.45) is 5.12. The molecule has 0 saturated carbocycles. The third-order valence-corrected chi connectivity index (χ3v) is 6.15. The van der Waals surface area contributed by atoms with Crippen molar-refractivity contribution in [3.63, 3.8) is 0 Å². The summed E-state index contributed by atoms with van der Waals surface area (Å²) in [5, 5.41) is 1.24. The normalized spacial score (nSPS) is 14.2. The van der Waals surface area contributed by atoms with E-state index in [-0.39, 0.29) is 5.91 Å². The van der Waals surface area contributed by atoms with Crippen molar-refractivity contribution in [2.24, 2.45) is 0 Å². The number of hydrogen-bond donors (Lipinski definition) is 1. The minimum Gasteiger partial charge on any atom is -0.497 e. The number of carbonyl (C=O) groups is 1. The van der Waals surface area contributed by atoms with Crippen LogP contribution in [0.15, 0.2) is 60.8 Å². The van der Waals surface area contributed by atoms with Crippen molar-refractivity contribution >= 4 is 34.1 Å². The van der Waals surface area contributed by atoms with Crippen LogP contribution in [-0.4, -0.2) is 41.7 Å². The van der Waals surface area contributed by atoms with Crippen molar-refractivity contribution in [2.75, 3.05) is 26.0 Å². The number of fused-ring (bicyclic) bond motifs is 1. The van der Waals surface area contributed by atoms with Gasteiger partial charge in [-0.25, -0.2) is 0 Å². The second kappa shape index (κ2) is 8.57. The molecule has 1 aliphatic rings. The predicted molar refractivity (Wildman–Crippen MR) is 117 cm³/mol. The van der Waals surface area contributed by atoms with Gasteiger partial charge in [-0.1, -0.05) is 36.4 Å². The summed E-state index contributed by atoms with van der Waals surface area (Å²) in [5.41, 5.74) is 4.92. The Labute approximate surface area is 169 Å². The first-order valence-electron chi connectivity index (χ1n) is 9.48. The van der Waals surface area contributed by atoms with E-state index in [0.29, 0.717) is 12.3 Å². The highest BCUT2D eigenvalue weighted by Crippen LogP contribution is 2.26. The van der Waals surface area contributed by atoms with Crippen LogP contribution in [0.1, 0.15) is 17.5 Å². The molecule has 0 unspecified atom stereocenters. The molecule has 2 heterocycles.